The SMILES string of the molecule is C=CCc1cccc(O)c1C(=O)N(c1ccccc1)c1ccccc1. The summed E-state index contributed by atoms with van der Waals surface area (Å²) in [5, 5.41) is 10.3. The zero-order valence-corrected chi connectivity index (χ0v) is 13.8. The summed E-state index contributed by atoms with van der Waals surface area (Å²) in [6, 6.07) is 23.9. The first-order valence-corrected chi connectivity index (χ1v) is 8.08. The quantitative estimate of drug-likeness (QED) is 0.662. The monoisotopic (exact) mass is 329 g/mol. The molecule has 0 aromatic heterocycles. The Kier molecular flexibility index (Phi) is 4.95. The average molecular weight is 329 g/mol. The minimum atomic E-state index is -0.271. The van der Waals surface area contributed by atoms with Crippen molar-refractivity contribution in [3.63, 3.8) is 0 Å². The molecule has 3 rings (SSSR count). The van der Waals surface area contributed by atoms with Gasteiger partial charge in [-0.25, -0.2) is 0 Å². The summed E-state index contributed by atoms with van der Waals surface area (Å²) in [5.41, 5.74) is 2.53. The Hall–Kier alpha value is -3.33. The number of phenols is 1. The largest absolute Gasteiger partial charge is 0.507 e. The zero-order chi connectivity index (χ0) is 17.6. The van der Waals surface area contributed by atoms with Gasteiger partial charge in [0, 0.05) is 11.4 Å². The molecule has 1 amide bonds. The van der Waals surface area contributed by atoms with Crippen molar-refractivity contribution in [3.8, 4) is 5.75 Å². The predicted octanol–water partition coefficient (Wildman–Crippen LogP) is 5.10. The Labute approximate surface area is 147 Å². The third-order valence-electron chi connectivity index (χ3n) is 3.94. The maximum absolute atomic E-state index is 13.4. The third kappa shape index (κ3) is 3.45. The molecule has 1 N–H and O–H groups in total. The molecule has 0 bridgehead atoms. The zero-order valence-electron chi connectivity index (χ0n) is 13.8. The summed E-state index contributed by atoms with van der Waals surface area (Å²) in [6.07, 6.45) is 2.23. The van der Waals surface area contributed by atoms with Crippen molar-refractivity contribution in [3.05, 3.63) is 103 Å². The molecule has 0 saturated carbocycles. The van der Waals surface area contributed by atoms with E-state index in [2.05, 4.69) is 6.58 Å². The van der Waals surface area contributed by atoms with Gasteiger partial charge in [0.1, 0.15) is 5.75 Å². The van der Waals surface area contributed by atoms with Crippen LogP contribution in [0.1, 0.15) is 15.9 Å². The highest BCUT2D eigenvalue weighted by molar-refractivity contribution is 6.13. The molecule has 0 saturated heterocycles. The van der Waals surface area contributed by atoms with Crippen LogP contribution >= 0.6 is 0 Å². The van der Waals surface area contributed by atoms with Gasteiger partial charge in [0.25, 0.3) is 5.91 Å². The van der Waals surface area contributed by atoms with Crippen LogP contribution in [0.4, 0.5) is 11.4 Å². The number of allylic oxidation sites excluding steroid dienone is 1. The van der Waals surface area contributed by atoms with E-state index in [4.69, 9.17) is 0 Å². The lowest BCUT2D eigenvalue weighted by Crippen LogP contribution is -2.27. The molecule has 3 heteroatoms. The topological polar surface area (TPSA) is 40.5 Å². The van der Waals surface area contributed by atoms with Crippen molar-refractivity contribution in [2.45, 2.75) is 6.42 Å². The smallest absolute Gasteiger partial charge is 0.266 e. The number of aromatic hydroxyl groups is 1. The highest BCUT2D eigenvalue weighted by Crippen LogP contribution is 2.31. The summed E-state index contributed by atoms with van der Waals surface area (Å²) < 4.78 is 0. The molecule has 0 aliphatic rings. The van der Waals surface area contributed by atoms with E-state index in [0.717, 1.165) is 16.9 Å². The summed E-state index contributed by atoms with van der Waals surface area (Å²) in [5.74, 6) is -0.298. The first-order chi connectivity index (χ1) is 12.2. The standard InChI is InChI=1S/C22H19NO2/c1-2-10-17-11-9-16-20(24)21(17)22(25)23(18-12-5-3-6-13-18)19-14-7-4-8-15-19/h2-9,11-16,24H,1,10H2. The van der Waals surface area contributed by atoms with Crippen LogP contribution in [0.15, 0.2) is 91.5 Å². The second-order valence-electron chi connectivity index (χ2n) is 5.62. The number of amides is 1. The van der Waals surface area contributed by atoms with E-state index in [1.54, 1.807) is 17.0 Å². The summed E-state index contributed by atoms with van der Waals surface area (Å²) in [7, 11) is 0. The van der Waals surface area contributed by atoms with Crippen LogP contribution in [-0.2, 0) is 6.42 Å². The minimum Gasteiger partial charge on any atom is -0.507 e. The molecule has 0 aliphatic carbocycles. The van der Waals surface area contributed by atoms with E-state index in [1.807, 2.05) is 66.7 Å². The normalized spacial score (nSPS) is 10.2. The van der Waals surface area contributed by atoms with Crippen LogP contribution in [0.5, 0.6) is 5.75 Å². The van der Waals surface area contributed by atoms with Crippen molar-refractivity contribution in [2.75, 3.05) is 4.90 Å². The number of hydrogen-bond acceptors (Lipinski definition) is 2. The van der Waals surface area contributed by atoms with Gasteiger partial charge in [0.15, 0.2) is 0 Å². The molecule has 0 heterocycles. The van der Waals surface area contributed by atoms with Crippen LogP contribution in [-0.4, -0.2) is 11.0 Å². The van der Waals surface area contributed by atoms with Gasteiger partial charge in [-0.05, 0) is 42.3 Å². The Morgan fingerprint density at radius 3 is 1.96 bits per heavy atom. The van der Waals surface area contributed by atoms with Crippen molar-refractivity contribution in [2.24, 2.45) is 0 Å². The van der Waals surface area contributed by atoms with Crippen molar-refractivity contribution < 1.29 is 9.90 Å². The van der Waals surface area contributed by atoms with E-state index >= 15 is 0 Å². The number of anilines is 2. The van der Waals surface area contributed by atoms with Crippen molar-refractivity contribution in [1.29, 1.82) is 0 Å². The van der Waals surface area contributed by atoms with Crippen LogP contribution < -0.4 is 4.90 Å². The van der Waals surface area contributed by atoms with Crippen molar-refractivity contribution in [1.82, 2.24) is 0 Å². The van der Waals surface area contributed by atoms with Gasteiger partial charge < -0.3 is 5.11 Å². The molecule has 0 spiro atoms. The Morgan fingerprint density at radius 1 is 0.880 bits per heavy atom. The van der Waals surface area contributed by atoms with E-state index in [0.29, 0.717) is 12.0 Å². The fraction of sp³-hybridized carbons (Fsp3) is 0.0455. The van der Waals surface area contributed by atoms with E-state index < -0.39 is 0 Å². The number of benzene rings is 3. The van der Waals surface area contributed by atoms with Gasteiger partial charge in [-0.1, -0.05) is 54.6 Å². The van der Waals surface area contributed by atoms with Crippen molar-refractivity contribution >= 4 is 17.3 Å². The van der Waals surface area contributed by atoms with Gasteiger partial charge >= 0.3 is 0 Å². The van der Waals surface area contributed by atoms with E-state index in [1.165, 1.54) is 6.07 Å². The molecule has 124 valence electrons. The highest BCUT2D eigenvalue weighted by Gasteiger charge is 2.24. The van der Waals surface area contributed by atoms with Gasteiger partial charge in [0.05, 0.1) is 5.56 Å². The molecule has 0 fully saturated rings. The number of carbonyl (C=O) groups excluding carboxylic acids is 1. The first kappa shape index (κ1) is 16.5. The Bertz CT molecular complexity index is 834. The number of hydrogen-bond donors (Lipinski definition) is 1. The lowest BCUT2D eigenvalue weighted by atomic mass is 10.0. The lowest BCUT2D eigenvalue weighted by molar-refractivity contribution is 0.0996. The molecule has 3 nitrogen and oxygen atoms in total. The third-order valence-corrected chi connectivity index (χ3v) is 3.94. The number of para-hydroxylation sites is 2. The van der Waals surface area contributed by atoms with Crippen LogP contribution in [0.3, 0.4) is 0 Å². The number of rotatable bonds is 5. The molecule has 0 aliphatic heterocycles. The molecular formula is C22H19NO2. The molecule has 25 heavy (non-hydrogen) atoms. The Balaban J connectivity index is 2.15. The first-order valence-electron chi connectivity index (χ1n) is 8.08. The van der Waals surface area contributed by atoms with Gasteiger partial charge in [-0.2, -0.15) is 0 Å². The second kappa shape index (κ2) is 7.49. The van der Waals surface area contributed by atoms with Crippen LogP contribution in [0.2, 0.25) is 0 Å². The fourth-order valence-corrected chi connectivity index (χ4v) is 2.81. The maximum atomic E-state index is 13.4. The molecule has 0 unspecified atom stereocenters. The van der Waals surface area contributed by atoms with Gasteiger partial charge in [-0.15, -0.1) is 6.58 Å². The van der Waals surface area contributed by atoms with E-state index in [-0.39, 0.29) is 11.7 Å². The second-order valence-corrected chi connectivity index (χ2v) is 5.62. The minimum absolute atomic E-state index is 0.0267. The average Bonchev–Trinajstić information content (AvgIpc) is 2.64. The summed E-state index contributed by atoms with van der Waals surface area (Å²) in [6.45, 7) is 3.74. The lowest BCUT2D eigenvalue weighted by Gasteiger charge is -2.24. The fourth-order valence-electron chi connectivity index (χ4n) is 2.81. The van der Waals surface area contributed by atoms with E-state index in [9.17, 15) is 9.90 Å². The summed E-state index contributed by atoms with van der Waals surface area (Å²) >= 11 is 0. The molecular weight excluding hydrogens is 310 g/mol. The number of nitrogens with zero attached hydrogens (tertiary/aromatic N) is 1. The summed E-state index contributed by atoms with van der Waals surface area (Å²) in [4.78, 5) is 15.0. The molecule has 3 aromatic rings. The predicted molar refractivity (Wildman–Crippen MR) is 101 cm³/mol. The van der Waals surface area contributed by atoms with Crippen LogP contribution in [0, 0.1) is 0 Å². The van der Waals surface area contributed by atoms with Crippen LogP contribution in [0.25, 0.3) is 0 Å². The number of carbonyl (C=O) groups is 1. The number of phenolic OH excluding ortho intramolecular Hbond substituents is 1. The Morgan fingerprint density at radius 2 is 1.44 bits per heavy atom. The molecule has 3 aromatic carbocycles. The molecule has 0 atom stereocenters. The maximum Gasteiger partial charge on any atom is 0.266 e. The van der Waals surface area contributed by atoms with Gasteiger partial charge in [0.2, 0.25) is 0 Å². The highest BCUT2D eigenvalue weighted by atomic mass is 16.3. The van der Waals surface area contributed by atoms with Gasteiger partial charge in [-0.3, -0.25) is 9.69 Å². The molecule has 0 radical (unpaired) electrons.